The van der Waals surface area contributed by atoms with Crippen LogP contribution in [0.15, 0.2) is 12.1 Å². The number of carbonyl (C=O) groups is 1. The Morgan fingerprint density at radius 2 is 2.07 bits per heavy atom. The van der Waals surface area contributed by atoms with Gasteiger partial charge in [0.2, 0.25) is 0 Å². The van der Waals surface area contributed by atoms with E-state index in [2.05, 4.69) is 4.74 Å². The van der Waals surface area contributed by atoms with E-state index in [4.69, 9.17) is 5.73 Å². The van der Waals surface area contributed by atoms with Crippen molar-refractivity contribution in [3.8, 4) is 0 Å². The molecule has 0 saturated heterocycles. The summed E-state index contributed by atoms with van der Waals surface area (Å²) in [6.45, 7) is 1.49. The van der Waals surface area contributed by atoms with Crippen molar-refractivity contribution in [3.05, 3.63) is 28.8 Å². The van der Waals surface area contributed by atoms with Crippen LogP contribution in [0.3, 0.4) is 0 Å². The first-order valence-electron chi connectivity index (χ1n) is 4.23. The van der Waals surface area contributed by atoms with E-state index in [0.29, 0.717) is 5.56 Å². The van der Waals surface area contributed by atoms with Crippen LogP contribution in [0.1, 0.15) is 27.9 Å². The van der Waals surface area contributed by atoms with Gasteiger partial charge in [0.05, 0.1) is 12.7 Å². The number of esters is 1. The Hall–Kier alpha value is -1.65. The van der Waals surface area contributed by atoms with Gasteiger partial charge in [-0.2, -0.15) is 0 Å². The summed E-state index contributed by atoms with van der Waals surface area (Å²) in [5.74, 6) is -0.628. The zero-order chi connectivity index (χ0) is 11.6. The number of halogens is 2. The lowest BCUT2D eigenvalue weighted by atomic mass is 10.0. The van der Waals surface area contributed by atoms with Gasteiger partial charge in [0.25, 0.3) is 6.43 Å². The maximum Gasteiger partial charge on any atom is 0.339 e. The molecule has 0 aliphatic heterocycles. The predicted molar refractivity (Wildman–Crippen MR) is 51.9 cm³/mol. The standard InChI is InChI=1S/C10H11F2NO2/c1-5-3-7(10(14)15-2)8(13)4-6(5)9(11)12/h3-4,9H,13H2,1-2H3. The molecule has 0 saturated carbocycles. The molecule has 0 unspecified atom stereocenters. The lowest BCUT2D eigenvalue weighted by molar-refractivity contribution is 0.0601. The summed E-state index contributed by atoms with van der Waals surface area (Å²) < 4.78 is 29.4. The van der Waals surface area contributed by atoms with Crippen LogP contribution in [0.5, 0.6) is 0 Å². The lowest BCUT2D eigenvalue weighted by Gasteiger charge is -2.09. The Bertz CT molecular complexity index is 391. The highest BCUT2D eigenvalue weighted by atomic mass is 19.3. The first kappa shape index (κ1) is 11.4. The number of methoxy groups -OCH3 is 1. The molecular weight excluding hydrogens is 204 g/mol. The molecule has 0 aliphatic carbocycles. The van der Waals surface area contributed by atoms with Crippen molar-refractivity contribution in [3.63, 3.8) is 0 Å². The minimum atomic E-state index is -2.60. The molecular formula is C10H11F2NO2. The molecule has 3 nitrogen and oxygen atoms in total. The van der Waals surface area contributed by atoms with Gasteiger partial charge < -0.3 is 10.5 Å². The van der Waals surface area contributed by atoms with Gasteiger partial charge in [-0.3, -0.25) is 0 Å². The number of alkyl halides is 2. The molecule has 5 heteroatoms. The number of benzene rings is 1. The van der Waals surface area contributed by atoms with Crippen LogP contribution >= 0.6 is 0 Å². The van der Waals surface area contributed by atoms with Crippen LogP contribution in [0.4, 0.5) is 14.5 Å². The van der Waals surface area contributed by atoms with Crippen LogP contribution in [0, 0.1) is 6.92 Å². The largest absolute Gasteiger partial charge is 0.465 e. The second kappa shape index (κ2) is 4.25. The van der Waals surface area contributed by atoms with E-state index in [9.17, 15) is 13.6 Å². The molecule has 0 fully saturated rings. The maximum atomic E-state index is 12.5. The summed E-state index contributed by atoms with van der Waals surface area (Å²) in [6.07, 6.45) is -2.60. The number of hydrogen-bond donors (Lipinski definition) is 1. The summed E-state index contributed by atoms with van der Waals surface area (Å²) >= 11 is 0. The zero-order valence-electron chi connectivity index (χ0n) is 8.38. The first-order valence-corrected chi connectivity index (χ1v) is 4.23. The Balaban J connectivity index is 3.25. The normalized spacial score (nSPS) is 10.5. The molecule has 0 aromatic heterocycles. The highest BCUT2D eigenvalue weighted by molar-refractivity contribution is 5.95. The van der Waals surface area contributed by atoms with Gasteiger partial charge in [-0.05, 0) is 24.6 Å². The molecule has 82 valence electrons. The van der Waals surface area contributed by atoms with Gasteiger partial charge in [-0.25, -0.2) is 13.6 Å². The monoisotopic (exact) mass is 215 g/mol. The second-order valence-corrected chi connectivity index (χ2v) is 3.09. The summed E-state index contributed by atoms with van der Waals surface area (Å²) in [5, 5.41) is 0. The maximum absolute atomic E-state index is 12.5. The van der Waals surface area contributed by atoms with Gasteiger partial charge in [-0.15, -0.1) is 0 Å². The quantitative estimate of drug-likeness (QED) is 0.608. The van der Waals surface area contributed by atoms with Gasteiger partial charge >= 0.3 is 5.97 Å². The highest BCUT2D eigenvalue weighted by Crippen LogP contribution is 2.27. The number of nitrogens with two attached hydrogens (primary N) is 1. The number of nitrogen functional groups attached to an aromatic ring is 1. The topological polar surface area (TPSA) is 52.3 Å². The van der Waals surface area contributed by atoms with Crippen molar-refractivity contribution in [2.75, 3.05) is 12.8 Å². The van der Waals surface area contributed by atoms with E-state index in [1.165, 1.54) is 20.1 Å². The van der Waals surface area contributed by atoms with Gasteiger partial charge in [-0.1, -0.05) is 0 Å². The molecule has 1 aromatic carbocycles. The van der Waals surface area contributed by atoms with Crippen LogP contribution in [0.25, 0.3) is 0 Å². The van der Waals surface area contributed by atoms with Crippen LogP contribution in [-0.4, -0.2) is 13.1 Å². The van der Waals surface area contributed by atoms with Gasteiger partial charge in [0.1, 0.15) is 0 Å². The van der Waals surface area contributed by atoms with E-state index in [0.717, 1.165) is 6.07 Å². The van der Waals surface area contributed by atoms with E-state index in [-0.39, 0.29) is 16.8 Å². The average molecular weight is 215 g/mol. The Morgan fingerprint density at radius 3 is 2.53 bits per heavy atom. The summed E-state index contributed by atoms with van der Waals surface area (Å²) in [5.41, 5.74) is 5.74. The van der Waals surface area contributed by atoms with E-state index < -0.39 is 12.4 Å². The Morgan fingerprint density at radius 1 is 1.47 bits per heavy atom. The van der Waals surface area contributed by atoms with Crippen molar-refractivity contribution in [1.82, 2.24) is 0 Å². The van der Waals surface area contributed by atoms with E-state index in [1.54, 1.807) is 0 Å². The molecule has 1 aromatic rings. The fourth-order valence-electron chi connectivity index (χ4n) is 1.26. The Kier molecular flexibility index (Phi) is 3.24. The fraction of sp³-hybridized carbons (Fsp3) is 0.300. The molecule has 0 heterocycles. The van der Waals surface area contributed by atoms with Crippen LogP contribution in [0.2, 0.25) is 0 Å². The predicted octanol–water partition coefficient (Wildman–Crippen LogP) is 2.30. The number of carbonyl (C=O) groups excluding carboxylic acids is 1. The third-order valence-corrected chi connectivity index (χ3v) is 2.08. The summed E-state index contributed by atoms with van der Waals surface area (Å²) in [6, 6.07) is 2.41. The van der Waals surface area contributed by atoms with Gasteiger partial charge in [0, 0.05) is 11.3 Å². The number of aryl methyl sites for hydroxylation is 1. The first-order chi connectivity index (χ1) is 6.97. The van der Waals surface area contributed by atoms with Crippen molar-refractivity contribution in [2.24, 2.45) is 0 Å². The van der Waals surface area contributed by atoms with E-state index >= 15 is 0 Å². The lowest BCUT2D eigenvalue weighted by Crippen LogP contribution is -2.07. The third-order valence-electron chi connectivity index (χ3n) is 2.08. The number of anilines is 1. The molecule has 0 spiro atoms. The molecule has 0 radical (unpaired) electrons. The SMILES string of the molecule is COC(=O)c1cc(C)c(C(F)F)cc1N. The summed E-state index contributed by atoms with van der Waals surface area (Å²) in [4.78, 5) is 11.2. The molecule has 1 rings (SSSR count). The Labute approximate surface area is 85.8 Å². The van der Waals surface area contributed by atoms with Crippen molar-refractivity contribution in [1.29, 1.82) is 0 Å². The zero-order valence-corrected chi connectivity index (χ0v) is 8.38. The average Bonchev–Trinajstić information content (AvgIpc) is 2.19. The minimum absolute atomic E-state index is 0.00255. The van der Waals surface area contributed by atoms with Crippen molar-refractivity contribution < 1.29 is 18.3 Å². The molecule has 0 bridgehead atoms. The summed E-state index contributed by atoms with van der Waals surface area (Å²) in [7, 11) is 1.21. The van der Waals surface area contributed by atoms with Crippen LogP contribution in [-0.2, 0) is 4.74 Å². The van der Waals surface area contributed by atoms with E-state index in [1.807, 2.05) is 0 Å². The smallest absolute Gasteiger partial charge is 0.339 e. The van der Waals surface area contributed by atoms with Gasteiger partial charge in [0.15, 0.2) is 0 Å². The third kappa shape index (κ3) is 2.23. The van der Waals surface area contributed by atoms with Crippen molar-refractivity contribution in [2.45, 2.75) is 13.3 Å². The second-order valence-electron chi connectivity index (χ2n) is 3.09. The molecule has 0 aliphatic rings. The molecule has 0 amide bonds. The van der Waals surface area contributed by atoms with Crippen LogP contribution < -0.4 is 5.73 Å². The number of hydrogen-bond acceptors (Lipinski definition) is 3. The molecule has 2 N–H and O–H groups in total. The fourth-order valence-corrected chi connectivity index (χ4v) is 1.26. The molecule has 15 heavy (non-hydrogen) atoms. The minimum Gasteiger partial charge on any atom is -0.465 e. The highest BCUT2D eigenvalue weighted by Gasteiger charge is 2.16. The number of rotatable bonds is 2. The number of ether oxygens (including phenoxy) is 1. The van der Waals surface area contributed by atoms with Crippen molar-refractivity contribution >= 4 is 11.7 Å². The molecule has 0 atom stereocenters.